The number of hydrogen-bond donors (Lipinski definition) is 1. The van der Waals surface area contributed by atoms with Gasteiger partial charge in [-0.15, -0.1) is 0 Å². The Labute approximate surface area is 164 Å². The summed E-state index contributed by atoms with van der Waals surface area (Å²) in [5, 5.41) is 9.16. The highest BCUT2D eigenvalue weighted by Crippen LogP contribution is 2.16. The number of nitrogens with zero attached hydrogens (tertiary/aromatic N) is 3. The van der Waals surface area contributed by atoms with Crippen LogP contribution in [0.4, 0.5) is 4.39 Å². The molecule has 0 bridgehead atoms. The minimum Gasteiger partial charge on any atom is -0.396 e. The number of aliphatic hydroxyl groups excluding tert-OH is 1. The molecule has 2 amide bonds. The van der Waals surface area contributed by atoms with Crippen LogP contribution in [0.5, 0.6) is 0 Å². The summed E-state index contributed by atoms with van der Waals surface area (Å²) in [6.45, 7) is 0.754. The quantitative estimate of drug-likeness (QED) is 0.683. The van der Waals surface area contributed by atoms with Gasteiger partial charge in [-0.05, 0) is 37.1 Å². The molecular weight excluding hydrogens is 389 g/mol. The second-order valence-electron chi connectivity index (χ2n) is 6.79. The van der Waals surface area contributed by atoms with Gasteiger partial charge in [-0.25, -0.2) is 12.8 Å². The molecule has 1 N–H and O–H groups in total. The van der Waals surface area contributed by atoms with Crippen molar-refractivity contribution in [3.63, 3.8) is 0 Å². The van der Waals surface area contributed by atoms with Crippen molar-refractivity contribution in [2.75, 3.05) is 46.1 Å². The molecule has 0 aromatic heterocycles. The largest absolute Gasteiger partial charge is 0.396 e. The van der Waals surface area contributed by atoms with Crippen molar-refractivity contribution in [3.05, 3.63) is 35.6 Å². The van der Waals surface area contributed by atoms with E-state index in [-0.39, 0.29) is 50.7 Å². The maximum atomic E-state index is 13.1. The van der Waals surface area contributed by atoms with Crippen molar-refractivity contribution in [3.8, 4) is 0 Å². The van der Waals surface area contributed by atoms with Gasteiger partial charge >= 0.3 is 0 Å². The number of rotatable bonds is 7. The lowest BCUT2D eigenvalue weighted by atomic mass is 10.1. The van der Waals surface area contributed by atoms with Crippen LogP contribution in [-0.4, -0.2) is 91.6 Å². The lowest BCUT2D eigenvalue weighted by Gasteiger charge is -2.37. The Hall–Kier alpha value is -2.04. The minimum atomic E-state index is -3.31. The van der Waals surface area contributed by atoms with E-state index in [1.165, 1.54) is 45.4 Å². The number of aliphatic hydroxyl groups is 1. The lowest BCUT2D eigenvalue weighted by Crippen LogP contribution is -2.56. The fourth-order valence-electron chi connectivity index (χ4n) is 3.16. The van der Waals surface area contributed by atoms with Crippen molar-refractivity contribution in [1.29, 1.82) is 0 Å². The predicted molar refractivity (Wildman–Crippen MR) is 102 cm³/mol. The molecule has 1 aliphatic rings. The van der Waals surface area contributed by atoms with Crippen molar-refractivity contribution >= 4 is 21.8 Å². The van der Waals surface area contributed by atoms with Gasteiger partial charge < -0.3 is 14.9 Å². The van der Waals surface area contributed by atoms with Gasteiger partial charge in [0, 0.05) is 45.4 Å². The molecule has 1 aromatic rings. The van der Waals surface area contributed by atoms with Crippen LogP contribution in [0.3, 0.4) is 0 Å². The van der Waals surface area contributed by atoms with Gasteiger partial charge in [-0.1, -0.05) is 0 Å². The van der Waals surface area contributed by atoms with Crippen LogP contribution in [0.2, 0.25) is 0 Å². The summed E-state index contributed by atoms with van der Waals surface area (Å²) < 4.78 is 37.7. The molecule has 0 aliphatic carbocycles. The fraction of sp³-hybridized carbons (Fsp3) is 0.556. The standard InChI is InChI=1S/C18H26FN3O5S/c1-20(17(24)14-5-7-15(19)8-6-14)16(4-3-13-23)18(25)21-9-11-22(12-10-21)28(2,26)27/h5-8,16,23H,3-4,9-13H2,1-2H3/t16-/m0/s1. The Kier molecular flexibility index (Phi) is 7.50. The molecule has 10 heteroatoms. The average molecular weight is 415 g/mol. The van der Waals surface area contributed by atoms with E-state index >= 15 is 0 Å². The van der Waals surface area contributed by atoms with Crippen molar-refractivity contribution < 1.29 is 27.5 Å². The van der Waals surface area contributed by atoms with E-state index in [0.717, 1.165) is 6.26 Å². The third-order valence-electron chi connectivity index (χ3n) is 4.82. The third-order valence-corrected chi connectivity index (χ3v) is 6.12. The van der Waals surface area contributed by atoms with Crippen LogP contribution >= 0.6 is 0 Å². The molecule has 1 saturated heterocycles. The Morgan fingerprint density at radius 3 is 2.25 bits per heavy atom. The van der Waals surface area contributed by atoms with Crippen LogP contribution in [0.1, 0.15) is 23.2 Å². The van der Waals surface area contributed by atoms with E-state index in [1.807, 2.05) is 0 Å². The van der Waals surface area contributed by atoms with Gasteiger partial charge in [0.15, 0.2) is 0 Å². The summed E-state index contributed by atoms with van der Waals surface area (Å²) in [6.07, 6.45) is 1.73. The molecule has 156 valence electrons. The number of amides is 2. The highest BCUT2D eigenvalue weighted by molar-refractivity contribution is 7.88. The van der Waals surface area contributed by atoms with E-state index in [4.69, 9.17) is 5.11 Å². The fourth-order valence-corrected chi connectivity index (χ4v) is 3.98. The number of carbonyl (C=O) groups excluding carboxylic acids is 2. The molecule has 1 heterocycles. The zero-order valence-corrected chi connectivity index (χ0v) is 16.9. The first-order valence-corrected chi connectivity index (χ1v) is 10.9. The SMILES string of the molecule is CN(C(=O)c1ccc(F)cc1)[C@@H](CCCO)C(=O)N1CCN(S(C)(=O)=O)CC1. The van der Waals surface area contributed by atoms with Gasteiger partial charge in [0.1, 0.15) is 11.9 Å². The molecule has 2 rings (SSSR count). The van der Waals surface area contributed by atoms with Gasteiger partial charge in [0.2, 0.25) is 15.9 Å². The average Bonchev–Trinajstić information content (AvgIpc) is 2.67. The zero-order chi connectivity index (χ0) is 20.9. The molecule has 1 fully saturated rings. The van der Waals surface area contributed by atoms with Crippen LogP contribution < -0.4 is 0 Å². The Morgan fingerprint density at radius 2 is 1.75 bits per heavy atom. The molecule has 0 spiro atoms. The second kappa shape index (κ2) is 9.44. The monoisotopic (exact) mass is 415 g/mol. The summed E-state index contributed by atoms with van der Waals surface area (Å²) in [5.41, 5.74) is 0.257. The second-order valence-corrected chi connectivity index (χ2v) is 8.77. The van der Waals surface area contributed by atoms with E-state index in [0.29, 0.717) is 6.42 Å². The predicted octanol–water partition coefficient (Wildman–Crippen LogP) is 0.143. The molecular formula is C18H26FN3O5S. The normalized spacial score (nSPS) is 16.6. The van der Waals surface area contributed by atoms with E-state index in [9.17, 15) is 22.4 Å². The Morgan fingerprint density at radius 1 is 1.18 bits per heavy atom. The number of likely N-dealkylation sites (N-methyl/N-ethyl adjacent to an activating group) is 1. The Balaban J connectivity index is 2.12. The summed E-state index contributed by atoms with van der Waals surface area (Å²) in [5.74, 6) is -1.18. The molecule has 8 nitrogen and oxygen atoms in total. The first-order valence-electron chi connectivity index (χ1n) is 9.02. The van der Waals surface area contributed by atoms with Gasteiger partial charge in [0.25, 0.3) is 5.91 Å². The third kappa shape index (κ3) is 5.49. The Bertz CT molecular complexity index is 792. The number of piperazine rings is 1. The van der Waals surface area contributed by atoms with Crippen LogP contribution in [0.15, 0.2) is 24.3 Å². The van der Waals surface area contributed by atoms with Gasteiger partial charge in [-0.3, -0.25) is 9.59 Å². The number of halogens is 1. The molecule has 1 aliphatic heterocycles. The maximum absolute atomic E-state index is 13.1. The van der Waals surface area contributed by atoms with Crippen molar-refractivity contribution in [2.45, 2.75) is 18.9 Å². The van der Waals surface area contributed by atoms with E-state index < -0.39 is 27.8 Å². The minimum absolute atomic E-state index is 0.121. The highest BCUT2D eigenvalue weighted by Gasteiger charge is 2.33. The lowest BCUT2D eigenvalue weighted by molar-refractivity contribution is -0.137. The smallest absolute Gasteiger partial charge is 0.254 e. The topological polar surface area (TPSA) is 98.2 Å². The van der Waals surface area contributed by atoms with Crippen molar-refractivity contribution in [2.24, 2.45) is 0 Å². The highest BCUT2D eigenvalue weighted by atomic mass is 32.2. The summed E-state index contributed by atoms with van der Waals surface area (Å²) in [6, 6.07) is 4.26. The number of sulfonamides is 1. The van der Waals surface area contributed by atoms with E-state index in [1.54, 1.807) is 0 Å². The first-order chi connectivity index (χ1) is 13.1. The van der Waals surface area contributed by atoms with Crippen LogP contribution in [0.25, 0.3) is 0 Å². The summed E-state index contributed by atoms with van der Waals surface area (Å²) in [7, 11) is -1.81. The molecule has 28 heavy (non-hydrogen) atoms. The number of carbonyl (C=O) groups is 2. The van der Waals surface area contributed by atoms with Crippen LogP contribution in [-0.2, 0) is 14.8 Å². The van der Waals surface area contributed by atoms with E-state index in [2.05, 4.69) is 0 Å². The number of hydrogen-bond acceptors (Lipinski definition) is 5. The summed E-state index contributed by atoms with van der Waals surface area (Å²) >= 11 is 0. The molecule has 0 saturated carbocycles. The molecule has 0 unspecified atom stereocenters. The molecule has 1 atom stereocenters. The maximum Gasteiger partial charge on any atom is 0.254 e. The first kappa shape index (κ1) is 22.3. The van der Waals surface area contributed by atoms with Crippen molar-refractivity contribution in [1.82, 2.24) is 14.1 Å². The molecule has 0 radical (unpaired) electrons. The zero-order valence-electron chi connectivity index (χ0n) is 16.0. The molecule has 1 aromatic carbocycles. The number of benzene rings is 1. The van der Waals surface area contributed by atoms with Crippen LogP contribution in [0, 0.1) is 5.82 Å². The van der Waals surface area contributed by atoms with Gasteiger partial charge in [-0.2, -0.15) is 4.31 Å². The summed E-state index contributed by atoms with van der Waals surface area (Å²) in [4.78, 5) is 28.6. The van der Waals surface area contributed by atoms with Gasteiger partial charge in [0.05, 0.1) is 6.26 Å².